The van der Waals surface area contributed by atoms with Crippen LogP contribution in [-0.4, -0.2) is 6.04 Å². The van der Waals surface area contributed by atoms with Gasteiger partial charge in [-0.25, -0.2) is 0 Å². The van der Waals surface area contributed by atoms with Crippen LogP contribution in [0.3, 0.4) is 0 Å². The first kappa shape index (κ1) is 12.7. The van der Waals surface area contributed by atoms with E-state index < -0.39 is 0 Å². The van der Waals surface area contributed by atoms with Crippen molar-refractivity contribution in [3.8, 4) is 11.1 Å². The molecule has 19 heavy (non-hydrogen) atoms. The molecule has 1 N–H and O–H groups in total. The predicted molar refractivity (Wildman–Crippen MR) is 81.5 cm³/mol. The van der Waals surface area contributed by atoms with Crippen LogP contribution in [0.15, 0.2) is 42.5 Å². The number of halogens is 1. The predicted octanol–water partition coefficient (Wildman–Crippen LogP) is 4.57. The Morgan fingerprint density at radius 1 is 1.11 bits per heavy atom. The van der Waals surface area contributed by atoms with E-state index in [0.717, 1.165) is 17.6 Å². The molecule has 2 aromatic rings. The lowest BCUT2D eigenvalue weighted by Crippen LogP contribution is -2.15. The van der Waals surface area contributed by atoms with E-state index in [0.29, 0.717) is 0 Å². The van der Waals surface area contributed by atoms with Gasteiger partial charge in [-0.15, -0.1) is 0 Å². The topological polar surface area (TPSA) is 12.0 Å². The molecule has 2 heteroatoms. The minimum atomic E-state index is 0.736. The van der Waals surface area contributed by atoms with Gasteiger partial charge in [0.2, 0.25) is 0 Å². The highest BCUT2D eigenvalue weighted by Gasteiger charge is 2.20. The van der Waals surface area contributed by atoms with Crippen molar-refractivity contribution in [2.75, 3.05) is 0 Å². The number of hydrogen-bond donors (Lipinski definition) is 1. The molecule has 98 valence electrons. The number of nitrogens with one attached hydrogen (secondary N) is 1. The summed E-state index contributed by atoms with van der Waals surface area (Å²) in [6.45, 7) is 3.08. The Morgan fingerprint density at radius 3 is 2.53 bits per heavy atom. The van der Waals surface area contributed by atoms with E-state index in [9.17, 15) is 0 Å². The van der Waals surface area contributed by atoms with E-state index in [-0.39, 0.29) is 0 Å². The molecule has 0 heterocycles. The summed E-state index contributed by atoms with van der Waals surface area (Å²) >= 11 is 5.97. The molecular formula is C17H18ClN. The molecule has 0 aliphatic heterocycles. The maximum atomic E-state index is 5.97. The molecule has 0 radical (unpaired) electrons. The maximum absolute atomic E-state index is 5.97. The van der Waals surface area contributed by atoms with Crippen molar-refractivity contribution in [2.45, 2.75) is 32.4 Å². The Morgan fingerprint density at radius 2 is 1.84 bits per heavy atom. The molecule has 0 bridgehead atoms. The molecule has 0 atom stereocenters. The van der Waals surface area contributed by atoms with Crippen LogP contribution in [-0.2, 0) is 6.54 Å². The molecule has 1 fully saturated rings. The average Bonchev–Trinajstić information content (AvgIpc) is 3.22. The number of rotatable bonds is 4. The molecule has 0 amide bonds. The maximum Gasteiger partial charge on any atom is 0.0406 e. The zero-order chi connectivity index (χ0) is 13.2. The van der Waals surface area contributed by atoms with Gasteiger partial charge in [0.15, 0.2) is 0 Å². The SMILES string of the molecule is Cc1ccc(CNC2CC2)c(-c2ccc(Cl)cc2)c1. The van der Waals surface area contributed by atoms with Crippen LogP contribution < -0.4 is 5.32 Å². The second-order valence-corrected chi connectivity index (χ2v) is 5.76. The normalized spacial score (nSPS) is 14.6. The van der Waals surface area contributed by atoms with Gasteiger partial charge in [-0.05, 0) is 48.6 Å². The van der Waals surface area contributed by atoms with Crippen molar-refractivity contribution in [3.05, 3.63) is 58.6 Å². The molecule has 1 aliphatic rings. The summed E-state index contributed by atoms with van der Waals surface area (Å²) in [6, 6.07) is 15.5. The lowest BCUT2D eigenvalue weighted by Gasteiger charge is -2.12. The third-order valence-electron chi connectivity index (χ3n) is 3.58. The minimum absolute atomic E-state index is 0.736. The first-order chi connectivity index (χ1) is 9.22. The minimum Gasteiger partial charge on any atom is -0.310 e. The fraction of sp³-hybridized carbons (Fsp3) is 0.294. The summed E-state index contributed by atoms with van der Waals surface area (Å²) < 4.78 is 0. The summed E-state index contributed by atoms with van der Waals surface area (Å²) in [5.41, 5.74) is 5.20. The van der Waals surface area contributed by atoms with Gasteiger partial charge in [-0.3, -0.25) is 0 Å². The molecule has 3 rings (SSSR count). The Labute approximate surface area is 119 Å². The van der Waals surface area contributed by atoms with Gasteiger partial charge < -0.3 is 5.32 Å². The smallest absolute Gasteiger partial charge is 0.0406 e. The highest BCUT2D eigenvalue weighted by Crippen LogP contribution is 2.27. The summed E-state index contributed by atoms with van der Waals surface area (Å²) in [6.07, 6.45) is 2.64. The number of benzene rings is 2. The molecule has 0 spiro atoms. The fourth-order valence-electron chi connectivity index (χ4n) is 2.28. The van der Waals surface area contributed by atoms with Crippen LogP contribution in [0.25, 0.3) is 11.1 Å². The third-order valence-corrected chi connectivity index (χ3v) is 3.83. The summed E-state index contributed by atoms with van der Waals surface area (Å²) in [4.78, 5) is 0. The fourth-order valence-corrected chi connectivity index (χ4v) is 2.41. The molecule has 0 unspecified atom stereocenters. The lowest BCUT2D eigenvalue weighted by atomic mass is 9.97. The van der Waals surface area contributed by atoms with Gasteiger partial charge in [0.05, 0.1) is 0 Å². The quantitative estimate of drug-likeness (QED) is 0.859. The van der Waals surface area contributed by atoms with E-state index in [1.807, 2.05) is 12.1 Å². The van der Waals surface area contributed by atoms with Crippen molar-refractivity contribution >= 4 is 11.6 Å². The van der Waals surface area contributed by atoms with Crippen molar-refractivity contribution < 1.29 is 0 Å². The Hall–Kier alpha value is -1.31. The average molecular weight is 272 g/mol. The molecule has 0 aromatic heterocycles. The van der Waals surface area contributed by atoms with Crippen LogP contribution >= 0.6 is 11.6 Å². The first-order valence-corrected chi connectivity index (χ1v) is 7.19. The zero-order valence-electron chi connectivity index (χ0n) is 11.1. The van der Waals surface area contributed by atoms with Crippen LogP contribution in [0.5, 0.6) is 0 Å². The monoisotopic (exact) mass is 271 g/mol. The Kier molecular flexibility index (Phi) is 3.58. The summed E-state index contributed by atoms with van der Waals surface area (Å²) in [5, 5.41) is 4.37. The van der Waals surface area contributed by atoms with Crippen molar-refractivity contribution in [3.63, 3.8) is 0 Å². The van der Waals surface area contributed by atoms with E-state index >= 15 is 0 Å². The highest BCUT2D eigenvalue weighted by atomic mass is 35.5. The summed E-state index contributed by atoms with van der Waals surface area (Å²) in [7, 11) is 0. The molecular weight excluding hydrogens is 254 g/mol. The molecule has 0 saturated heterocycles. The van der Waals surface area contributed by atoms with Crippen LogP contribution in [0.1, 0.15) is 24.0 Å². The number of hydrogen-bond acceptors (Lipinski definition) is 1. The number of aryl methyl sites for hydroxylation is 1. The van der Waals surface area contributed by atoms with E-state index in [1.54, 1.807) is 0 Å². The van der Waals surface area contributed by atoms with Crippen LogP contribution in [0.4, 0.5) is 0 Å². The third kappa shape index (κ3) is 3.17. The van der Waals surface area contributed by atoms with Gasteiger partial charge in [0.25, 0.3) is 0 Å². The first-order valence-electron chi connectivity index (χ1n) is 6.81. The highest BCUT2D eigenvalue weighted by molar-refractivity contribution is 6.30. The second kappa shape index (κ2) is 5.36. The van der Waals surface area contributed by atoms with Gasteiger partial charge >= 0.3 is 0 Å². The van der Waals surface area contributed by atoms with Gasteiger partial charge in [-0.2, -0.15) is 0 Å². The Bertz CT molecular complexity index is 570. The van der Waals surface area contributed by atoms with Gasteiger partial charge in [-0.1, -0.05) is 47.5 Å². The molecule has 1 nitrogen and oxygen atoms in total. The van der Waals surface area contributed by atoms with Crippen molar-refractivity contribution in [2.24, 2.45) is 0 Å². The van der Waals surface area contributed by atoms with Gasteiger partial charge in [0, 0.05) is 17.6 Å². The van der Waals surface area contributed by atoms with Crippen molar-refractivity contribution in [1.29, 1.82) is 0 Å². The van der Waals surface area contributed by atoms with Gasteiger partial charge in [0.1, 0.15) is 0 Å². The van der Waals surface area contributed by atoms with Crippen LogP contribution in [0.2, 0.25) is 5.02 Å². The summed E-state index contributed by atoms with van der Waals surface area (Å²) in [5.74, 6) is 0. The van der Waals surface area contributed by atoms with E-state index in [4.69, 9.17) is 11.6 Å². The lowest BCUT2D eigenvalue weighted by molar-refractivity contribution is 0.688. The van der Waals surface area contributed by atoms with Crippen molar-refractivity contribution in [1.82, 2.24) is 5.32 Å². The van der Waals surface area contributed by atoms with E-state index in [2.05, 4.69) is 42.6 Å². The van der Waals surface area contributed by atoms with E-state index in [1.165, 1.54) is 35.1 Å². The largest absolute Gasteiger partial charge is 0.310 e. The zero-order valence-corrected chi connectivity index (χ0v) is 11.9. The standard InChI is InChI=1S/C17H18ClN/c1-12-2-3-14(11-19-16-8-9-16)17(10-12)13-4-6-15(18)7-5-13/h2-7,10,16,19H,8-9,11H2,1H3. The Balaban J connectivity index is 1.92. The molecule has 2 aromatic carbocycles. The molecule has 1 aliphatic carbocycles. The second-order valence-electron chi connectivity index (χ2n) is 5.32. The molecule has 1 saturated carbocycles. The van der Waals surface area contributed by atoms with Crippen LogP contribution in [0, 0.1) is 6.92 Å².